The third kappa shape index (κ3) is 5.11. The first-order chi connectivity index (χ1) is 18.3. The summed E-state index contributed by atoms with van der Waals surface area (Å²) < 4.78 is 11.3. The Bertz CT molecular complexity index is 1410. The summed E-state index contributed by atoms with van der Waals surface area (Å²) in [6, 6.07) is 17.5. The summed E-state index contributed by atoms with van der Waals surface area (Å²) >= 11 is 0. The van der Waals surface area contributed by atoms with Crippen molar-refractivity contribution < 1.29 is 34.1 Å². The minimum absolute atomic E-state index is 0.0734. The van der Waals surface area contributed by atoms with Crippen molar-refractivity contribution in [3.63, 3.8) is 0 Å². The van der Waals surface area contributed by atoms with Crippen molar-refractivity contribution >= 4 is 29.1 Å². The Labute approximate surface area is 220 Å². The van der Waals surface area contributed by atoms with Crippen molar-refractivity contribution in [2.75, 3.05) is 18.6 Å². The standard InChI is InChI=1S/C30H29NO7/c1-4-15-38-23-14-11-20(16-18(23)2)28(34)26-27(22-7-5-6-8-24(22)37-3)31(30(36)29(26)35)21-12-9-19(10-13-21)17-25(32)33/h5-14,16,27,34H,4,15,17H2,1-3H3,(H,32,33)/b28-26+. The number of benzene rings is 3. The Balaban J connectivity index is 1.87. The van der Waals surface area contributed by atoms with Crippen LogP contribution < -0.4 is 14.4 Å². The lowest BCUT2D eigenvalue weighted by atomic mass is 9.94. The summed E-state index contributed by atoms with van der Waals surface area (Å²) in [5, 5.41) is 20.5. The molecular formula is C30H29NO7. The zero-order valence-corrected chi connectivity index (χ0v) is 21.4. The summed E-state index contributed by atoms with van der Waals surface area (Å²) in [6.45, 7) is 4.40. The van der Waals surface area contributed by atoms with Gasteiger partial charge in [-0.15, -0.1) is 0 Å². The van der Waals surface area contributed by atoms with E-state index in [2.05, 4.69) is 0 Å². The fourth-order valence-corrected chi connectivity index (χ4v) is 4.56. The van der Waals surface area contributed by atoms with Crippen LogP contribution in [0, 0.1) is 6.92 Å². The molecule has 0 spiro atoms. The predicted molar refractivity (Wildman–Crippen MR) is 143 cm³/mol. The summed E-state index contributed by atoms with van der Waals surface area (Å²) in [5.74, 6) is -1.82. The third-order valence-corrected chi connectivity index (χ3v) is 6.36. The highest BCUT2D eigenvalue weighted by atomic mass is 16.5. The zero-order valence-electron chi connectivity index (χ0n) is 21.4. The van der Waals surface area contributed by atoms with Gasteiger partial charge in [0, 0.05) is 16.8 Å². The van der Waals surface area contributed by atoms with E-state index in [1.807, 2.05) is 13.8 Å². The number of hydrogen-bond acceptors (Lipinski definition) is 6. The maximum absolute atomic E-state index is 13.4. The number of carboxylic acid groups (broad SMARTS) is 1. The highest BCUT2D eigenvalue weighted by Crippen LogP contribution is 2.45. The number of rotatable bonds is 9. The average molecular weight is 516 g/mol. The summed E-state index contributed by atoms with van der Waals surface area (Å²) in [7, 11) is 1.49. The van der Waals surface area contributed by atoms with E-state index >= 15 is 0 Å². The number of aliphatic hydroxyl groups is 1. The van der Waals surface area contributed by atoms with Crippen LogP contribution in [0.3, 0.4) is 0 Å². The van der Waals surface area contributed by atoms with Gasteiger partial charge in [-0.25, -0.2) is 0 Å². The van der Waals surface area contributed by atoms with Gasteiger partial charge in [0.25, 0.3) is 11.7 Å². The van der Waals surface area contributed by atoms with Gasteiger partial charge in [0.2, 0.25) is 0 Å². The number of ether oxygens (including phenoxy) is 2. The molecule has 3 aromatic rings. The van der Waals surface area contributed by atoms with E-state index in [1.54, 1.807) is 66.7 Å². The smallest absolute Gasteiger partial charge is 0.307 e. The van der Waals surface area contributed by atoms with Crippen LogP contribution in [0.1, 0.15) is 41.6 Å². The average Bonchev–Trinajstić information content (AvgIpc) is 3.17. The lowest BCUT2D eigenvalue weighted by Gasteiger charge is -2.26. The van der Waals surface area contributed by atoms with E-state index in [9.17, 15) is 19.5 Å². The number of aryl methyl sites for hydroxylation is 1. The molecule has 1 aliphatic rings. The minimum Gasteiger partial charge on any atom is -0.507 e. The molecular weight excluding hydrogens is 486 g/mol. The largest absolute Gasteiger partial charge is 0.507 e. The van der Waals surface area contributed by atoms with Gasteiger partial charge < -0.3 is 19.7 Å². The Hall–Kier alpha value is -4.59. The van der Waals surface area contributed by atoms with E-state index in [0.717, 1.165) is 12.0 Å². The number of ketones is 1. The number of carbonyl (C=O) groups is 3. The molecule has 196 valence electrons. The van der Waals surface area contributed by atoms with Gasteiger partial charge in [-0.2, -0.15) is 0 Å². The molecule has 1 saturated heterocycles. The Kier molecular flexibility index (Phi) is 7.81. The van der Waals surface area contributed by atoms with E-state index in [1.165, 1.54) is 12.0 Å². The second-order valence-corrected chi connectivity index (χ2v) is 8.98. The van der Waals surface area contributed by atoms with Gasteiger partial charge in [0.15, 0.2) is 0 Å². The van der Waals surface area contributed by atoms with E-state index in [-0.39, 0.29) is 17.8 Å². The quantitative estimate of drug-likeness (QED) is 0.233. The van der Waals surface area contributed by atoms with E-state index in [4.69, 9.17) is 14.6 Å². The van der Waals surface area contributed by atoms with Crippen molar-refractivity contribution in [1.82, 2.24) is 0 Å². The first-order valence-electron chi connectivity index (χ1n) is 12.2. The lowest BCUT2D eigenvalue weighted by Crippen LogP contribution is -2.29. The maximum atomic E-state index is 13.4. The highest BCUT2D eigenvalue weighted by molar-refractivity contribution is 6.51. The third-order valence-electron chi connectivity index (χ3n) is 6.36. The number of anilines is 1. The predicted octanol–water partition coefficient (Wildman–Crippen LogP) is 5.05. The molecule has 1 atom stereocenters. The van der Waals surface area contributed by atoms with Gasteiger partial charge in [-0.3, -0.25) is 19.3 Å². The normalized spacial score (nSPS) is 16.5. The molecule has 3 aromatic carbocycles. The zero-order chi connectivity index (χ0) is 27.4. The molecule has 2 N–H and O–H groups in total. The van der Waals surface area contributed by atoms with Crippen molar-refractivity contribution in [3.8, 4) is 11.5 Å². The summed E-state index contributed by atoms with van der Waals surface area (Å²) in [4.78, 5) is 39.3. The molecule has 1 amide bonds. The topological polar surface area (TPSA) is 113 Å². The number of nitrogens with zero attached hydrogens (tertiary/aromatic N) is 1. The second-order valence-electron chi connectivity index (χ2n) is 8.98. The van der Waals surface area contributed by atoms with Crippen LogP contribution in [-0.2, 0) is 20.8 Å². The number of carboxylic acids is 1. The van der Waals surface area contributed by atoms with Crippen molar-refractivity contribution in [1.29, 1.82) is 0 Å². The number of para-hydroxylation sites is 1. The monoisotopic (exact) mass is 515 g/mol. The van der Waals surface area contributed by atoms with Gasteiger partial charge in [-0.1, -0.05) is 37.3 Å². The van der Waals surface area contributed by atoms with Gasteiger partial charge in [0.1, 0.15) is 17.3 Å². The van der Waals surface area contributed by atoms with Crippen LogP contribution in [0.25, 0.3) is 5.76 Å². The molecule has 0 radical (unpaired) electrons. The van der Waals surface area contributed by atoms with Crippen LogP contribution in [0.15, 0.2) is 72.3 Å². The molecule has 38 heavy (non-hydrogen) atoms. The number of carbonyl (C=O) groups excluding carboxylic acids is 2. The van der Waals surface area contributed by atoms with Crippen LogP contribution in [0.4, 0.5) is 5.69 Å². The van der Waals surface area contributed by atoms with Crippen LogP contribution in [0.2, 0.25) is 0 Å². The number of amides is 1. The molecule has 4 rings (SSSR count). The summed E-state index contributed by atoms with van der Waals surface area (Å²) in [5.41, 5.74) is 2.53. The van der Waals surface area contributed by atoms with Gasteiger partial charge in [0.05, 0.1) is 31.8 Å². The SMILES string of the molecule is CCCOc1ccc(/C(O)=C2\C(=O)C(=O)N(c3ccc(CC(=O)O)cc3)C2c2ccccc2OC)cc1C. The first-order valence-corrected chi connectivity index (χ1v) is 12.2. The molecule has 1 unspecified atom stereocenters. The Morgan fingerprint density at radius 2 is 1.68 bits per heavy atom. The van der Waals surface area contributed by atoms with Gasteiger partial charge >= 0.3 is 5.97 Å². The molecule has 0 aromatic heterocycles. The Morgan fingerprint density at radius 3 is 2.32 bits per heavy atom. The van der Waals surface area contributed by atoms with Gasteiger partial charge in [-0.05, 0) is 60.9 Å². The van der Waals surface area contributed by atoms with Crippen molar-refractivity contribution in [2.24, 2.45) is 0 Å². The first kappa shape index (κ1) is 26.5. The number of aliphatic hydroxyl groups excluding tert-OH is 1. The molecule has 0 bridgehead atoms. The second kappa shape index (κ2) is 11.2. The van der Waals surface area contributed by atoms with E-state index < -0.39 is 23.7 Å². The van der Waals surface area contributed by atoms with E-state index in [0.29, 0.717) is 40.5 Å². The molecule has 8 nitrogen and oxygen atoms in total. The fraction of sp³-hybridized carbons (Fsp3) is 0.233. The lowest BCUT2D eigenvalue weighted by molar-refractivity contribution is -0.136. The highest BCUT2D eigenvalue weighted by Gasteiger charge is 2.48. The van der Waals surface area contributed by atoms with Crippen molar-refractivity contribution in [2.45, 2.75) is 32.7 Å². The Morgan fingerprint density at radius 1 is 0.974 bits per heavy atom. The van der Waals surface area contributed by atoms with Crippen LogP contribution >= 0.6 is 0 Å². The number of hydrogen-bond donors (Lipinski definition) is 2. The number of methoxy groups -OCH3 is 1. The number of aliphatic carboxylic acids is 1. The van der Waals surface area contributed by atoms with Crippen LogP contribution in [-0.4, -0.2) is 41.6 Å². The molecule has 1 heterocycles. The maximum Gasteiger partial charge on any atom is 0.307 e. The molecule has 1 fully saturated rings. The van der Waals surface area contributed by atoms with Crippen LogP contribution in [0.5, 0.6) is 11.5 Å². The molecule has 8 heteroatoms. The summed E-state index contributed by atoms with van der Waals surface area (Å²) in [6.07, 6.45) is 0.674. The molecule has 0 aliphatic carbocycles. The fourth-order valence-electron chi connectivity index (χ4n) is 4.56. The van der Waals surface area contributed by atoms with Crippen molar-refractivity contribution in [3.05, 3.63) is 94.6 Å². The molecule has 1 aliphatic heterocycles. The number of Topliss-reactive ketones (excluding diaryl/α,β-unsaturated/α-hetero) is 1. The molecule has 0 saturated carbocycles. The minimum atomic E-state index is -0.979.